The second-order valence-corrected chi connectivity index (χ2v) is 4.23. The highest BCUT2D eigenvalue weighted by atomic mass is 16.6. The molecule has 0 heterocycles. The number of nitro groups is 1. The molecule has 1 rings (SSSR count). The number of hydrogen-bond acceptors (Lipinski definition) is 5. The van der Waals surface area contributed by atoms with E-state index in [9.17, 15) is 15.2 Å². The first kappa shape index (κ1) is 14.6. The van der Waals surface area contributed by atoms with Crippen molar-refractivity contribution >= 4 is 5.69 Å². The smallest absolute Gasteiger partial charge is 0.269 e. The lowest BCUT2D eigenvalue weighted by Gasteiger charge is -2.20. The minimum absolute atomic E-state index is 0.0841. The van der Waals surface area contributed by atoms with Crippen LogP contribution >= 0.6 is 0 Å². The standard InChI is InChI=1S/C12H18N2O4/c1-13(8-12(15)9-18-2)7-10-3-5-11(6-4-10)14(16)17/h3-6,12,15H,7-9H2,1-2H3. The molecule has 1 unspecified atom stereocenters. The van der Waals surface area contributed by atoms with Crippen molar-refractivity contribution in [3.8, 4) is 0 Å². The molecule has 0 radical (unpaired) electrons. The molecule has 0 aromatic heterocycles. The van der Waals surface area contributed by atoms with Gasteiger partial charge < -0.3 is 9.84 Å². The van der Waals surface area contributed by atoms with Crippen LogP contribution in [0.4, 0.5) is 5.69 Å². The summed E-state index contributed by atoms with van der Waals surface area (Å²) in [5.74, 6) is 0. The number of hydrogen-bond donors (Lipinski definition) is 1. The van der Waals surface area contributed by atoms with Crippen LogP contribution in [0.3, 0.4) is 0 Å². The average molecular weight is 254 g/mol. The van der Waals surface area contributed by atoms with Gasteiger partial charge in [-0.1, -0.05) is 12.1 Å². The van der Waals surface area contributed by atoms with Gasteiger partial charge in [0.1, 0.15) is 0 Å². The van der Waals surface area contributed by atoms with Crippen LogP contribution in [-0.2, 0) is 11.3 Å². The number of ether oxygens (including phenoxy) is 1. The summed E-state index contributed by atoms with van der Waals surface area (Å²) < 4.78 is 4.85. The Morgan fingerprint density at radius 2 is 2.06 bits per heavy atom. The van der Waals surface area contributed by atoms with E-state index >= 15 is 0 Å². The molecule has 0 spiro atoms. The van der Waals surface area contributed by atoms with E-state index < -0.39 is 11.0 Å². The van der Waals surface area contributed by atoms with Crippen molar-refractivity contribution < 1.29 is 14.8 Å². The third-order valence-corrected chi connectivity index (χ3v) is 2.48. The number of non-ortho nitro benzene ring substituents is 1. The molecule has 0 fully saturated rings. The topological polar surface area (TPSA) is 75.8 Å². The maximum Gasteiger partial charge on any atom is 0.269 e. The molecule has 1 N–H and O–H groups in total. The maximum absolute atomic E-state index is 10.5. The highest BCUT2D eigenvalue weighted by Gasteiger charge is 2.09. The normalized spacial score (nSPS) is 12.7. The molecule has 0 saturated heterocycles. The van der Waals surface area contributed by atoms with Crippen LogP contribution in [0.25, 0.3) is 0 Å². The predicted molar refractivity (Wildman–Crippen MR) is 67.3 cm³/mol. The Bertz CT molecular complexity index is 380. The van der Waals surface area contributed by atoms with Gasteiger partial charge in [-0.05, 0) is 12.6 Å². The van der Waals surface area contributed by atoms with Gasteiger partial charge in [0.15, 0.2) is 0 Å². The second kappa shape index (κ2) is 7.05. The van der Waals surface area contributed by atoms with Crippen molar-refractivity contribution in [1.82, 2.24) is 4.90 Å². The van der Waals surface area contributed by atoms with E-state index in [0.717, 1.165) is 5.56 Å². The molecule has 0 aliphatic heterocycles. The average Bonchev–Trinajstić information content (AvgIpc) is 2.29. The van der Waals surface area contributed by atoms with Gasteiger partial charge in [0, 0.05) is 32.3 Å². The van der Waals surface area contributed by atoms with Crippen LogP contribution in [0.1, 0.15) is 5.56 Å². The molecule has 0 amide bonds. The van der Waals surface area contributed by atoms with Crippen LogP contribution in [0.2, 0.25) is 0 Å². The van der Waals surface area contributed by atoms with E-state index in [1.807, 2.05) is 11.9 Å². The Morgan fingerprint density at radius 3 is 2.56 bits per heavy atom. The quantitative estimate of drug-likeness (QED) is 0.581. The molecule has 100 valence electrons. The van der Waals surface area contributed by atoms with Gasteiger partial charge in [0.25, 0.3) is 5.69 Å². The van der Waals surface area contributed by atoms with E-state index in [4.69, 9.17) is 4.74 Å². The first-order valence-electron chi connectivity index (χ1n) is 5.61. The van der Waals surface area contributed by atoms with Gasteiger partial charge in [0.2, 0.25) is 0 Å². The molecule has 1 atom stereocenters. The zero-order valence-corrected chi connectivity index (χ0v) is 10.6. The van der Waals surface area contributed by atoms with Crippen molar-refractivity contribution in [1.29, 1.82) is 0 Å². The third-order valence-electron chi connectivity index (χ3n) is 2.48. The van der Waals surface area contributed by atoms with E-state index in [2.05, 4.69) is 0 Å². The van der Waals surface area contributed by atoms with Crippen molar-refractivity contribution in [3.05, 3.63) is 39.9 Å². The van der Waals surface area contributed by atoms with Crippen molar-refractivity contribution in [2.24, 2.45) is 0 Å². The number of nitro benzene ring substituents is 1. The third kappa shape index (κ3) is 4.79. The zero-order valence-electron chi connectivity index (χ0n) is 10.6. The molecule has 0 saturated carbocycles. The number of nitrogens with zero attached hydrogens (tertiary/aromatic N) is 2. The first-order chi connectivity index (χ1) is 8.52. The van der Waals surface area contributed by atoms with E-state index in [0.29, 0.717) is 19.7 Å². The number of aliphatic hydroxyl groups is 1. The maximum atomic E-state index is 10.5. The Labute approximate surface area is 106 Å². The number of benzene rings is 1. The lowest BCUT2D eigenvalue weighted by Crippen LogP contribution is -2.31. The van der Waals surface area contributed by atoms with Gasteiger partial charge in [-0.2, -0.15) is 0 Å². The highest BCUT2D eigenvalue weighted by Crippen LogP contribution is 2.13. The Morgan fingerprint density at radius 1 is 1.44 bits per heavy atom. The summed E-state index contributed by atoms with van der Waals surface area (Å²) in [4.78, 5) is 12.0. The van der Waals surface area contributed by atoms with Gasteiger partial charge in [0.05, 0.1) is 17.6 Å². The van der Waals surface area contributed by atoms with Crippen molar-refractivity contribution in [3.63, 3.8) is 0 Å². The van der Waals surface area contributed by atoms with Gasteiger partial charge in [-0.15, -0.1) is 0 Å². The summed E-state index contributed by atoms with van der Waals surface area (Å²) in [6.45, 7) is 1.41. The van der Waals surface area contributed by atoms with Gasteiger partial charge >= 0.3 is 0 Å². The second-order valence-electron chi connectivity index (χ2n) is 4.23. The fourth-order valence-corrected chi connectivity index (χ4v) is 1.70. The van der Waals surface area contributed by atoms with E-state index in [1.54, 1.807) is 19.2 Å². The fraction of sp³-hybridized carbons (Fsp3) is 0.500. The zero-order chi connectivity index (χ0) is 13.5. The largest absolute Gasteiger partial charge is 0.389 e. The van der Waals surface area contributed by atoms with Crippen LogP contribution in [0.5, 0.6) is 0 Å². The predicted octanol–water partition coefficient (Wildman–Crippen LogP) is 1.03. The summed E-state index contributed by atoms with van der Waals surface area (Å²) in [6.07, 6.45) is -0.530. The number of aliphatic hydroxyl groups excluding tert-OH is 1. The number of rotatable bonds is 7. The van der Waals surface area contributed by atoms with Crippen molar-refractivity contribution in [2.75, 3.05) is 27.3 Å². The SMILES string of the molecule is COCC(O)CN(C)Cc1ccc([N+](=O)[O-])cc1. The minimum atomic E-state index is -0.530. The lowest BCUT2D eigenvalue weighted by atomic mass is 10.2. The van der Waals surface area contributed by atoms with E-state index in [-0.39, 0.29) is 5.69 Å². The molecule has 0 bridgehead atoms. The molecule has 0 aliphatic carbocycles. The van der Waals surface area contributed by atoms with Crippen molar-refractivity contribution in [2.45, 2.75) is 12.6 Å². The molecule has 0 aliphatic rings. The molecular weight excluding hydrogens is 236 g/mol. The first-order valence-corrected chi connectivity index (χ1v) is 5.61. The molecule has 18 heavy (non-hydrogen) atoms. The molecule has 6 heteroatoms. The monoisotopic (exact) mass is 254 g/mol. The van der Waals surface area contributed by atoms with E-state index in [1.165, 1.54) is 12.1 Å². The fourth-order valence-electron chi connectivity index (χ4n) is 1.70. The Balaban J connectivity index is 2.49. The minimum Gasteiger partial charge on any atom is -0.389 e. The van der Waals surface area contributed by atoms with Crippen LogP contribution in [0, 0.1) is 10.1 Å². The summed E-state index contributed by atoms with van der Waals surface area (Å²) in [5.41, 5.74) is 1.05. The summed E-state index contributed by atoms with van der Waals surface area (Å²) >= 11 is 0. The van der Waals surface area contributed by atoms with Crippen LogP contribution < -0.4 is 0 Å². The molecule has 1 aromatic carbocycles. The molecule has 6 nitrogen and oxygen atoms in total. The lowest BCUT2D eigenvalue weighted by molar-refractivity contribution is -0.384. The Hall–Kier alpha value is -1.50. The summed E-state index contributed by atoms with van der Waals surface area (Å²) in [5, 5.41) is 20.1. The highest BCUT2D eigenvalue weighted by molar-refractivity contribution is 5.32. The molecule has 1 aromatic rings. The number of methoxy groups -OCH3 is 1. The summed E-state index contributed by atoms with van der Waals surface area (Å²) in [6, 6.07) is 6.40. The number of likely N-dealkylation sites (N-methyl/N-ethyl adjacent to an activating group) is 1. The van der Waals surface area contributed by atoms with Gasteiger partial charge in [-0.3, -0.25) is 15.0 Å². The summed E-state index contributed by atoms with van der Waals surface area (Å²) in [7, 11) is 3.42. The van der Waals surface area contributed by atoms with Crippen LogP contribution in [-0.4, -0.2) is 48.3 Å². The van der Waals surface area contributed by atoms with Gasteiger partial charge in [-0.25, -0.2) is 0 Å². The molecular formula is C12H18N2O4. The Kier molecular flexibility index (Phi) is 5.70. The van der Waals surface area contributed by atoms with Crippen LogP contribution in [0.15, 0.2) is 24.3 Å².